The van der Waals surface area contributed by atoms with Crippen LogP contribution in [-0.2, 0) is 6.54 Å². The molecule has 0 spiro atoms. The molecule has 2 heterocycles. The summed E-state index contributed by atoms with van der Waals surface area (Å²) in [5, 5.41) is 7.21. The van der Waals surface area contributed by atoms with Gasteiger partial charge in [0.15, 0.2) is 0 Å². The third-order valence-corrected chi connectivity index (χ3v) is 5.49. The van der Waals surface area contributed by atoms with E-state index in [1.54, 1.807) is 31.6 Å². The molecule has 0 saturated heterocycles. The van der Waals surface area contributed by atoms with Gasteiger partial charge in [-0.15, -0.1) is 11.3 Å². The fourth-order valence-corrected chi connectivity index (χ4v) is 3.87. The molecule has 0 bridgehead atoms. The zero-order valence-corrected chi connectivity index (χ0v) is 17.2. The number of benzene rings is 2. The number of aromatic amines is 1. The van der Waals surface area contributed by atoms with Crippen molar-refractivity contribution in [3.63, 3.8) is 0 Å². The number of ether oxygens (including phenoxy) is 2. The summed E-state index contributed by atoms with van der Waals surface area (Å²) in [6, 6.07) is 13.5. The minimum atomic E-state index is -0.164. The fraction of sp³-hybridized carbons (Fsp3) is 0.182. The van der Waals surface area contributed by atoms with Crippen LogP contribution in [0.5, 0.6) is 11.5 Å². The highest BCUT2D eigenvalue weighted by Crippen LogP contribution is 2.31. The van der Waals surface area contributed by atoms with Gasteiger partial charge < -0.3 is 19.8 Å². The maximum Gasteiger partial charge on any atom is 0.253 e. The van der Waals surface area contributed by atoms with E-state index in [9.17, 15) is 4.79 Å². The molecule has 0 amide bonds. The normalized spacial score (nSPS) is 10.9. The fourth-order valence-electron chi connectivity index (χ4n) is 3.25. The number of aryl methyl sites for hydroxylation is 1. The Balaban J connectivity index is 1.63. The second kappa shape index (κ2) is 7.97. The summed E-state index contributed by atoms with van der Waals surface area (Å²) in [5.41, 5.74) is 3.99. The van der Waals surface area contributed by atoms with Gasteiger partial charge in [-0.3, -0.25) is 4.79 Å². The van der Waals surface area contributed by atoms with Crippen molar-refractivity contribution in [1.82, 2.24) is 9.97 Å². The van der Waals surface area contributed by atoms with Gasteiger partial charge in [0.1, 0.15) is 11.5 Å². The van der Waals surface area contributed by atoms with Crippen molar-refractivity contribution < 1.29 is 9.47 Å². The quantitative estimate of drug-likeness (QED) is 0.489. The second-order valence-corrected chi connectivity index (χ2v) is 7.63. The van der Waals surface area contributed by atoms with Gasteiger partial charge >= 0.3 is 0 Å². The van der Waals surface area contributed by atoms with E-state index in [0.29, 0.717) is 29.1 Å². The molecule has 0 atom stereocenters. The van der Waals surface area contributed by atoms with Crippen LogP contribution in [-0.4, -0.2) is 24.2 Å². The van der Waals surface area contributed by atoms with Crippen molar-refractivity contribution >= 4 is 27.9 Å². The van der Waals surface area contributed by atoms with Gasteiger partial charge in [0.25, 0.3) is 5.56 Å². The Labute approximate surface area is 172 Å². The number of fused-ring (bicyclic) bond motifs is 1. The van der Waals surface area contributed by atoms with E-state index in [1.165, 1.54) is 0 Å². The second-order valence-electron chi connectivity index (χ2n) is 6.57. The van der Waals surface area contributed by atoms with E-state index in [1.807, 2.05) is 48.7 Å². The molecule has 2 aromatic carbocycles. The van der Waals surface area contributed by atoms with Gasteiger partial charge in [-0.05, 0) is 37.3 Å². The molecule has 7 heteroatoms. The van der Waals surface area contributed by atoms with Crippen LogP contribution in [0.3, 0.4) is 0 Å². The Bertz CT molecular complexity index is 1230. The molecule has 29 heavy (non-hydrogen) atoms. The first-order valence-corrected chi connectivity index (χ1v) is 10.0. The third kappa shape index (κ3) is 3.82. The largest absolute Gasteiger partial charge is 0.496 e. The number of H-pyrrole nitrogens is 1. The van der Waals surface area contributed by atoms with E-state index in [2.05, 4.69) is 15.3 Å². The molecule has 0 radical (unpaired) electrons. The lowest BCUT2D eigenvalue weighted by Gasteiger charge is -2.12. The zero-order chi connectivity index (χ0) is 20.4. The number of nitrogens with one attached hydrogen (secondary N) is 2. The Kier molecular flexibility index (Phi) is 5.22. The van der Waals surface area contributed by atoms with Gasteiger partial charge in [-0.25, -0.2) is 4.98 Å². The molecule has 0 unspecified atom stereocenters. The molecule has 148 valence electrons. The summed E-state index contributed by atoms with van der Waals surface area (Å²) >= 11 is 1.63. The monoisotopic (exact) mass is 407 g/mol. The van der Waals surface area contributed by atoms with Crippen LogP contribution in [0.2, 0.25) is 0 Å². The number of nitrogens with zero attached hydrogens (tertiary/aromatic N) is 1. The van der Waals surface area contributed by atoms with Crippen molar-refractivity contribution in [2.75, 3.05) is 19.5 Å². The molecule has 0 fully saturated rings. The number of pyridine rings is 1. The molecular weight excluding hydrogens is 386 g/mol. The van der Waals surface area contributed by atoms with Gasteiger partial charge in [-0.1, -0.05) is 12.1 Å². The number of hydrogen-bond acceptors (Lipinski definition) is 6. The summed E-state index contributed by atoms with van der Waals surface area (Å²) in [6.45, 7) is 2.37. The highest BCUT2D eigenvalue weighted by atomic mass is 32.1. The Morgan fingerprint density at radius 2 is 1.90 bits per heavy atom. The molecule has 2 N–H and O–H groups in total. The highest BCUT2D eigenvalue weighted by Gasteiger charge is 2.12. The van der Waals surface area contributed by atoms with Crippen molar-refractivity contribution in [1.29, 1.82) is 0 Å². The van der Waals surface area contributed by atoms with E-state index in [0.717, 1.165) is 27.3 Å². The number of hydrogen-bond donors (Lipinski definition) is 2. The molecule has 4 aromatic rings. The lowest BCUT2D eigenvalue weighted by molar-refractivity contribution is 0.409. The maximum absolute atomic E-state index is 12.6. The molecular formula is C22H21N3O3S. The van der Waals surface area contributed by atoms with Crippen molar-refractivity contribution in [2.24, 2.45) is 0 Å². The third-order valence-electron chi connectivity index (χ3n) is 4.72. The minimum Gasteiger partial charge on any atom is -0.496 e. The first kappa shape index (κ1) is 19.0. The van der Waals surface area contributed by atoms with Gasteiger partial charge in [-0.2, -0.15) is 0 Å². The molecule has 6 nitrogen and oxygen atoms in total. The lowest BCUT2D eigenvalue weighted by Crippen LogP contribution is -2.16. The van der Waals surface area contributed by atoms with Crippen LogP contribution < -0.4 is 20.3 Å². The number of rotatable bonds is 6. The summed E-state index contributed by atoms with van der Waals surface area (Å²) < 4.78 is 10.8. The molecule has 4 rings (SSSR count). The van der Waals surface area contributed by atoms with Crippen LogP contribution in [0.1, 0.15) is 10.6 Å². The van der Waals surface area contributed by atoms with Crippen molar-refractivity contribution in [2.45, 2.75) is 13.5 Å². The lowest BCUT2D eigenvalue weighted by atomic mass is 10.1. The van der Waals surface area contributed by atoms with E-state index < -0.39 is 0 Å². The first-order valence-electron chi connectivity index (χ1n) is 9.12. The zero-order valence-electron chi connectivity index (χ0n) is 16.4. The molecule has 0 aliphatic rings. The van der Waals surface area contributed by atoms with Gasteiger partial charge in [0.2, 0.25) is 0 Å². The maximum atomic E-state index is 12.6. The molecule has 0 aliphatic carbocycles. The van der Waals surface area contributed by atoms with Crippen LogP contribution in [0, 0.1) is 6.92 Å². The predicted molar refractivity (Wildman–Crippen MR) is 117 cm³/mol. The number of thiazole rings is 1. The average molecular weight is 407 g/mol. The topological polar surface area (TPSA) is 76.2 Å². The smallest absolute Gasteiger partial charge is 0.253 e. The van der Waals surface area contributed by atoms with Gasteiger partial charge in [0, 0.05) is 34.1 Å². The van der Waals surface area contributed by atoms with Crippen LogP contribution in [0.4, 0.5) is 5.69 Å². The van der Waals surface area contributed by atoms with Crippen molar-refractivity contribution in [3.8, 4) is 22.8 Å². The van der Waals surface area contributed by atoms with Crippen LogP contribution in [0.15, 0.2) is 52.6 Å². The average Bonchev–Trinajstić information content (AvgIpc) is 3.18. The number of anilines is 1. The molecule has 0 saturated carbocycles. The number of aromatic nitrogens is 2. The summed E-state index contributed by atoms with van der Waals surface area (Å²) in [4.78, 5) is 20.1. The van der Waals surface area contributed by atoms with E-state index in [4.69, 9.17) is 9.47 Å². The molecule has 2 aromatic heterocycles. The van der Waals surface area contributed by atoms with Crippen LogP contribution >= 0.6 is 11.3 Å². The Hall–Kier alpha value is -3.32. The summed E-state index contributed by atoms with van der Waals surface area (Å²) in [7, 11) is 3.18. The van der Waals surface area contributed by atoms with Crippen molar-refractivity contribution in [3.05, 3.63) is 68.8 Å². The van der Waals surface area contributed by atoms with Gasteiger partial charge in [0.05, 0.1) is 30.4 Å². The minimum absolute atomic E-state index is 0.164. The summed E-state index contributed by atoms with van der Waals surface area (Å²) in [6.07, 6.45) is 0. The summed E-state index contributed by atoms with van der Waals surface area (Å²) in [5.74, 6) is 1.28. The SMILES string of the molecule is COc1ccc(OC)c2[nH]c(=O)c(CNc3cccc(-c4csc(C)n4)c3)cc12. The standard InChI is InChI=1S/C22H21N3O3S/c1-13-24-18(12-29-13)14-5-4-6-16(9-14)23-11-15-10-17-19(27-2)7-8-20(28-3)21(17)25-22(15)26/h4-10,12,23H,11H2,1-3H3,(H,25,26). The van der Waals surface area contributed by atoms with E-state index in [-0.39, 0.29) is 5.56 Å². The highest BCUT2D eigenvalue weighted by molar-refractivity contribution is 7.09. The Morgan fingerprint density at radius 3 is 2.62 bits per heavy atom. The Morgan fingerprint density at radius 1 is 1.10 bits per heavy atom. The van der Waals surface area contributed by atoms with E-state index >= 15 is 0 Å². The van der Waals surface area contributed by atoms with Crippen LogP contribution in [0.25, 0.3) is 22.2 Å². The predicted octanol–water partition coefficient (Wildman–Crippen LogP) is 4.59. The first-order chi connectivity index (χ1) is 14.1. The molecule has 0 aliphatic heterocycles. The number of methoxy groups -OCH3 is 2.